The van der Waals surface area contributed by atoms with Crippen molar-refractivity contribution in [3.8, 4) is 0 Å². The van der Waals surface area contributed by atoms with Crippen LogP contribution in [0.1, 0.15) is 43.5 Å². The quantitative estimate of drug-likeness (QED) is 0.803. The number of halogens is 1. The third-order valence-corrected chi connectivity index (χ3v) is 6.40. The monoisotopic (exact) mass is 430 g/mol. The maximum atomic E-state index is 13.1. The predicted octanol–water partition coefficient (Wildman–Crippen LogP) is 3.51. The molecule has 2 saturated heterocycles. The second kappa shape index (κ2) is 8.43. The average Bonchev–Trinajstić information content (AvgIpc) is 3.50. The zero-order valence-electron chi connectivity index (χ0n) is 17.0. The summed E-state index contributed by atoms with van der Waals surface area (Å²) >= 11 is 6.24. The van der Waals surface area contributed by atoms with Crippen LogP contribution in [0, 0.1) is 0 Å². The van der Waals surface area contributed by atoms with E-state index in [-0.39, 0.29) is 11.9 Å². The molecule has 3 heterocycles. The first-order valence-electron chi connectivity index (χ1n) is 10.8. The van der Waals surface area contributed by atoms with Crippen molar-refractivity contribution in [1.29, 1.82) is 0 Å². The minimum Gasteiger partial charge on any atom is -0.378 e. The minimum atomic E-state index is -0.0889. The molecule has 1 saturated carbocycles. The van der Waals surface area contributed by atoms with Crippen molar-refractivity contribution >= 4 is 29.0 Å². The summed E-state index contributed by atoms with van der Waals surface area (Å²) < 4.78 is 7.67. The van der Waals surface area contributed by atoms with Crippen LogP contribution >= 0.6 is 11.6 Å². The maximum absolute atomic E-state index is 13.1. The molecule has 2 aliphatic heterocycles. The Morgan fingerprint density at radius 3 is 2.80 bits per heavy atom. The van der Waals surface area contributed by atoms with Crippen molar-refractivity contribution in [3.05, 3.63) is 35.4 Å². The van der Waals surface area contributed by atoms with Crippen LogP contribution in [-0.2, 0) is 4.74 Å². The van der Waals surface area contributed by atoms with Crippen molar-refractivity contribution in [2.75, 3.05) is 49.6 Å². The summed E-state index contributed by atoms with van der Waals surface area (Å²) in [7, 11) is 0. The molecule has 2 amide bonds. The van der Waals surface area contributed by atoms with Crippen LogP contribution in [0.2, 0.25) is 5.02 Å². The number of carbonyl (C=O) groups excluding carboxylic acids is 1. The Morgan fingerprint density at radius 1 is 1.17 bits per heavy atom. The molecule has 0 bridgehead atoms. The molecule has 0 unspecified atom stereocenters. The molecule has 2 aromatic rings. The van der Waals surface area contributed by atoms with E-state index < -0.39 is 0 Å². The molecule has 1 atom stereocenters. The Bertz CT molecular complexity index is 909. The molecule has 0 spiro atoms. The smallest absolute Gasteiger partial charge is 0.321 e. The highest BCUT2D eigenvalue weighted by molar-refractivity contribution is 6.31. The fraction of sp³-hybridized carbons (Fsp3) is 0.571. The minimum absolute atomic E-state index is 0.0889. The lowest BCUT2D eigenvalue weighted by Crippen LogP contribution is -2.42. The fourth-order valence-electron chi connectivity index (χ4n) is 4.43. The van der Waals surface area contributed by atoms with Crippen molar-refractivity contribution in [2.45, 2.75) is 37.6 Å². The zero-order chi connectivity index (χ0) is 20.5. The standard InChI is InChI=1S/C21H27ClN6O2/c22-16-3-6-19(26-8-10-30-11-9-26)18(12-16)24-21(29)27-7-1-2-15(13-27)20-25-23-14-28(20)17-4-5-17/h3,6,12,14-15,17H,1-2,4-5,7-11,13H2,(H,24,29)/t15-/m0/s1. The van der Waals surface area contributed by atoms with Crippen LogP contribution in [0.25, 0.3) is 0 Å². The topological polar surface area (TPSA) is 75.5 Å². The van der Waals surface area contributed by atoms with E-state index in [0.717, 1.165) is 49.7 Å². The van der Waals surface area contributed by atoms with Gasteiger partial charge in [-0.15, -0.1) is 10.2 Å². The first-order valence-corrected chi connectivity index (χ1v) is 11.1. The summed E-state index contributed by atoms with van der Waals surface area (Å²) in [4.78, 5) is 17.3. The van der Waals surface area contributed by atoms with Gasteiger partial charge in [-0.2, -0.15) is 0 Å². The second-order valence-corrected chi connectivity index (χ2v) is 8.74. The van der Waals surface area contributed by atoms with Gasteiger partial charge in [0.1, 0.15) is 12.2 Å². The number of hydrogen-bond acceptors (Lipinski definition) is 5. The third kappa shape index (κ3) is 4.11. The van der Waals surface area contributed by atoms with Gasteiger partial charge >= 0.3 is 6.03 Å². The van der Waals surface area contributed by atoms with E-state index in [9.17, 15) is 4.79 Å². The number of hydrogen-bond donors (Lipinski definition) is 1. The van der Waals surface area contributed by atoms with Crippen molar-refractivity contribution in [2.24, 2.45) is 0 Å². The molecule has 8 nitrogen and oxygen atoms in total. The number of benzene rings is 1. The van der Waals surface area contributed by atoms with Gasteiger partial charge in [0.2, 0.25) is 0 Å². The highest BCUT2D eigenvalue weighted by Crippen LogP contribution is 2.38. The first-order chi connectivity index (χ1) is 14.7. The largest absolute Gasteiger partial charge is 0.378 e. The van der Waals surface area contributed by atoms with Crippen molar-refractivity contribution in [1.82, 2.24) is 19.7 Å². The SMILES string of the molecule is O=C(Nc1cc(Cl)ccc1N1CCOCC1)N1CCC[C@H](c2nncn2C2CC2)C1. The lowest BCUT2D eigenvalue weighted by atomic mass is 9.97. The van der Waals surface area contributed by atoms with Crippen LogP contribution in [0.5, 0.6) is 0 Å². The summed E-state index contributed by atoms with van der Waals surface area (Å²) in [5, 5.41) is 12.2. The molecule has 1 aliphatic carbocycles. The number of aromatic nitrogens is 3. The molecule has 1 aromatic carbocycles. The zero-order valence-corrected chi connectivity index (χ0v) is 17.7. The number of morpholine rings is 1. The van der Waals surface area contributed by atoms with E-state index in [1.54, 1.807) is 0 Å². The molecule has 9 heteroatoms. The first kappa shape index (κ1) is 19.6. The van der Waals surface area contributed by atoms with Gasteiger partial charge < -0.3 is 24.4 Å². The van der Waals surface area contributed by atoms with Crippen LogP contribution in [-0.4, -0.2) is 65.1 Å². The van der Waals surface area contributed by atoms with Crippen molar-refractivity contribution < 1.29 is 9.53 Å². The van der Waals surface area contributed by atoms with Gasteiger partial charge in [0.05, 0.1) is 24.6 Å². The van der Waals surface area contributed by atoms with Crippen molar-refractivity contribution in [3.63, 3.8) is 0 Å². The number of urea groups is 1. The number of anilines is 2. The van der Waals surface area contributed by atoms with E-state index in [1.165, 1.54) is 12.8 Å². The number of piperidine rings is 1. The highest BCUT2D eigenvalue weighted by Gasteiger charge is 2.32. The number of ether oxygens (including phenoxy) is 1. The lowest BCUT2D eigenvalue weighted by Gasteiger charge is -2.34. The number of nitrogens with zero attached hydrogens (tertiary/aromatic N) is 5. The van der Waals surface area contributed by atoms with E-state index in [1.807, 2.05) is 29.4 Å². The van der Waals surface area contributed by atoms with Gasteiger partial charge in [-0.05, 0) is 43.9 Å². The maximum Gasteiger partial charge on any atom is 0.321 e. The molecule has 5 rings (SSSR count). The Kier molecular flexibility index (Phi) is 5.52. The average molecular weight is 431 g/mol. The molecule has 1 aromatic heterocycles. The normalized spacial score (nSPS) is 22.2. The van der Waals surface area contributed by atoms with E-state index in [0.29, 0.717) is 30.8 Å². The summed E-state index contributed by atoms with van der Waals surface area (Å²) in [6, 6.07) is 6.12. The molecular formula is C21H27ClN6O2. The molecular weight excluding hydrogens is 404 g/mol. The van der Waals surface area contributed by atoms with E-state index >= 15 is 0 Å². The Morgan fingerprint density at radius 2 is 2.00 bits per heavy atom. The molecule has 3 aliphatic rings. The number of likely N-dealkylation sites (tertiary alicyclic amines) is 1. The fourth-order valence-corrected chi connectivity index (χ4v) is 4.61. The Balaban J connectivity index is 1.30. The van der Waals surface area contributed by atoms with Gasteiger partial charge in [-0.1, -0.05) is 11.6 Å². The van der Waals surface area contributed by atoms with Crippen LogP contribution < -0.4 is 10.2 Å². The number of nitrogens with one attached hydrogen (secondary N) is 1. The summed E-state index contributed by atoms with van der Waals surface area (Å²) in [5.41, 5.74) is 1.73. The van der Waals surface area contributed by atoms with Gasteiger partial charge in [-0.3, -0.25) is 0 Å². The molecule has 0 radical (unpaired) electrons. The van der Waals surface area contributed by atoms with Gasteiger partial charge in [0, 0.05) is 43.2 Å². The predicted molar refractivity (Wildman–Crippen MR) is 115 cm³/mol. The molecule has 3 fully saturated rings. The van der Waals surface area contributed by atoms with Crippen LogP contribution in [0.3, 0.4) is 0 Å². The van der Waals surface area contributed by atoms with E-state index in [4.69, 9.17) is 16.3 Å². The van der Waals surface area contributed by atoms with Gasteiger partial charge in [0.15, 0.2) is 0 Å². The lowest BCUT2D eigenvalue weighted by molar-refractivity contribution is 0.123. The van der Waals surface area contributed by atoms with Crippen LogP contribution in [0.15, 0.2) is 24.5 Å². The van der Waals surface area contributed by atoms with Gasteiger partial charge in [0.25, 0.3) is 0 Å². The highest BCUT2D eigenvalue weighted by atomic mass is 35.5. The van der Waals surface area contributed by atoms with Gasteiger partial charge in [-0.25, -0.2) is 4.79 Å². The van der Waals surface area contributed by atoms with E-state index in [2.05, 4.69) is 25.0 Å². The summed E-state index contributed by atoms with van der Waals surface area (Å²) in [6.07, 6.45) is 6.22. The number of carbonyl (C=O) groups is 1. The number of rotatable bonds is 4. The Hall–Kier alpha value is -2.32. The summed E-state index contributed by atoms with van der Waals surface area (Å²) in [6.45, 7) is 4.37. The second-order valence-electron chi connectivity index (χ2n) is 8.30. The van der Waals surface area contributed by atoms with Crippen LogP contribution in [0.4, 0.5) is 16.2 Å². The molecule has 30 heavy (non-hydrogen) atoms. The Labute approximate surface area is 181 Å². The molecule has 160 valence electrons. The third-order valence-electron chi connectivity index (χ3n) is 6.17. The molecule has 1 N–H and O–H groups in total. The summed E-state index contributed by atoms with van der Waals surface area (Å²) in [5.74, 6) is 1.25. The number of amides is 2.